The van der Waals surface area contributed by atoms with Crippen molar-refractivity contribution in [3.05, 3.63) is 33.6 Å². The predicted molar refractivity (Wildman–Crippen MR) is 81.5 cm³/mol. The lowest BCUT2D eigenvalue weighted by Crippen LogP contribution is -2.39. The van der Waals surface area contributed by atoms with E-state index in [0.717, 1.165) is 48.9 Å². The molecule has 1 aliphatic heterocycles. The smallest absolute Gasteiger partial charge is 0.308 e. The van der Waals surface area contributed by atoms with Crippen LogP contribution in [0.5, 0.6) is 0 Å². The Bertz CT molecular complexity index is 836. The number of nitrogens with zero attached hydrogens (tertiary/aromatic N) is 3. The van der Waals surface area contributed by atoms with E-state index in [0.29, 0.717) is 5.65 Å². The van der Waals surface area contributed by atoms with Crippen LogP contribution in [0.4, 0.5) is 4.39 Å². The number of fused-ring (bicyclic) bond motifs is 1. The van der Waals surface area contributed by atoms with E-state index < -0.39 is 11.4 Å². The van der Waals surface area contributed by atoms with Gasteiger partial charge in [0.1, 0.15) is 0 Å². The number of aryl methyl sites for hydroxylation is 1. The minimum Gasteiger partial charge on any atom is -0.334 e. The van der Waals surface area contributed by atoms with Crippen molar-refractivity contribution in [3.8, 4) is 0 Å². The van der Waals surface area contributed by atoms with Gasteiger partial charge in [-0.2, -0.15) is 8.91 Å². The van der Waals surface area contributed by atoms with Gasteiger partial charge in [-0.15, -0.1) is 0 Å². The molecule has 3 heterocycles. The maximum absolute atomic E-state index is 13.8. The summed E-state index contributed by atoms with van der Waals surface area (Å²) in [7, 11) is 0. The molecule has 2 fully saturated rings. The molecule has 7 heteroatoms. The van der Waals surface area contributed by atoms with E-state index >= 15 is 0 Å². The Hall–Kier alpha value is -2.18. The van der Waals surface area contributed by atoms with Crippen molar-refractivity contribution in [1.82, 2.24) is 19.5 Å². The van der Waals surface area contributed by atoms with E-state index in [1.165, 1.54) is 6.92 Å². The minimum absolute atomic E-state index is 0.0821. The van der Waals surface area contributed by atoms with E-state index in [9.17, 15) is 14.0 Å². The van der Waals surface area contributed by atoms with Crippen molar-refractivity contribution >= 4 is 11.6 Å². The number of amides is 1. The summed E-state index contributed by atoms with van der Waals surface area (Å²) >= 11 is 0. The number of rotatable bonds is 2. The molecule has 2 aliphatic rings. The Morgan fingerprint density at radius 2 is 2.13 bits per heavy atom. The highest BCUT2D eigenvalue weighted by Crippen LogP contribution is 2.37. The van der Waals surface area contributed by atoms with E-state index in [1.54, 1.807) is 6.07 Å². The fraction of sp³-hybridized carbons (Fsp3) is 0.562. The molecule has 6 nitrogen and oxygen atoms in total. The first-order chi connectivity index (χ1) is 11.1. The normalized spacial score (nSPS) is 21.8. The number of aromatic amines is 1. The molecule has 2 aromatic heterocycles. The monoisotopic (exact) mass is 318 g/mol. The molecule has 1 aliphatic carbocycles. The van der Waals surface area contributed by atoms with Crippen molar-refractivity contribution in [2.24, 2.45) is 5.92 Å². The van der Waals surface area contributed by atoms with Crippen LogP contribution in [0.15, 0.2) is 10.9 Å². The molecule has 0 bridgehead atoms. The third-order valence-corrected chi connectivity index (χ3v) is 4.82. The Morgan fingerprint density at radius 1 is 1.35 bits per heavy atom. The van der Waals surface area contributed by atoms with Crippen LogP contribution in [0.3, 0.4) is 0 Å². The van der Waals surface area contributed by atoms with Crippen LogP contribution in [0.2, 0.25) is 0 Å². The van der Waals surface area contributed by atoms with Crippen molar-refractivity contribution in [3.63, 3.8) is 0 Å². The highest BCUT2D eigenvalue weighted by Gasteiger charge is 2.38. The van der Waals surface area contributed by atoms with Crippen LogP contribution in [0.25, 0.3) is 5.65 Å². The van der Waals surface area contributed by atoms with Crippen LogP contribution in [0, 0.1) is 18.7 Å². The first-order valence-electron chi connectivity index (χ1n) is 8.14. The van der Waals surface area contributed by atoms with E-state index in [2.05, 4.69) is 10.1 Å². The lowest BCUT2D eigenvalue weighted by molar-refractivity contribution is -0.136. The summed E-state index contributed by atoms with van der Waals surface area (Å²) < 4.78 is 14.9. The summed E-state index contributed by atoms with van der Waals surface area (Å²) in [6.45, 7) is 2.22. The zero-order valence-corrected chi connectivity index (χ0v) is 13.0. The maximum Gasteiger partial charge on any atom is 0.308 e. The van der Waals surface area contributed by atoms with E-state index in [4.69, 9.17) is 0 Å². The molecule has 23 heavy (non-hydrogen) atoms. The molecule has 1 saturated heterocycles. The molecule has 0 unspecified atom stereocenters. The second-order valence-corrected chi connectivity index (χ2v) is 6.54. The molecule has 0 spiro atoms. The van der Waals surface area contributed by atoms with Gasteiger partial charge in [0.05, 0.1) is 17.4 Å². The minimum atomic E-state index is -0.842. The SMILES string of the molecule is Cc1nc2cc([C@H]3CCCCN3C(=O)C3CC3)[nH]n2c(=O)c1F. The van der Waals surface area contributed by atoms with Gasteiger partial charge < -0.3 is 4.90 Å². The fourth-order valence-corrected chi connectivity index (χ4v) is 3.39. The molecule has 1 atom stereocenters. The fourth-order valence-electron chi connectivity index (χ4n) is 3.39. The summed E-state index contributed by atoms with van der Waals surface area (Å²) in [5, 5.41) is 2.95. The molecule has 4 rings (SSSR count). The number of likely N-dealkylation sites (tertiary alicyclic amines) is 1. The largest absolute Gasteiger partial charge is 0.334 e. The predicted octanol–water partition coefficient (Wildman–Crippen LogP) is 1.93. The summed E-state index contributed by atoms with van der Waals surface area (Å²) in [4.78, 5) is 30.6. The number of hydrogen-bond donors (Lipinski definition) is 1. The average Bonchev–Trinajstić information content (AvgIpc) is 3.32. The second kappa shape index (κ2) is 5.18. The van der Waals surface area contributed by atoms with Gasteiger partial charge in [-0.1, -0.05) is 0 Å². The number of hydrogen-bond acceptors (Lipinski definition) is 3. The average molecular weight is 318 g/mol. The number of nitrogens with one attached hydrogen (secondary N) is 1. The summed E-state index contributed by atoms with van der Waals surface area (Å²) in [5.41, 5.74) is 0.520. The third kappa shape index (κ3) is 2.34. The van der Waals surface area contributed by atoms with Crippen molar-refractivity contribution in [2.45, 2.75) is 45.1 Å². The first-order valence-corrected chi connectivity index (χ1v) is 8.14. The zero-order chi connectivity index (χ0) is 16.1. The van der Waals surface area contributed by atoms with Gasteiger partial charge in [0, 0.05) is 18.5 Å². The highest BCUT2D eigenvalue weighted by molar-refractivity contribution is 5.81. The summed E-state index contributed by atoms with van der Waals surface area (Å²) in [6, 6.07) is 1.68. The van der Waals surface area contributed by atoms with Crippen molar-refractivity contribution in [1.29, 1.82) is 0 Å². The van der Waals surface area contributed by atoms with Crippen molar-refractivity contribution < 1.29 is 9.18 Å². The van der Waals surface area contributed by atoms with Gasteiger partial charge in [0.25, 0.3) is 0 Å². The molecule has 122 valence electrons. The molecular formula is C16H19FN4O2. The van der Waals surface area contributed by atoms with Gasteiger partial charge in [-0.25, -0.2) is 4.98 Å². The van der Waals surface area contributed by atoms with Crippen LogP contribution >= 0.6 is 0 Å². The topological polar surface area (TPSA) is 70.5 Å². The standard InChI is InChI=1S/C16H19FN4O2/c1-9-14(17)16(23)21-13(18-9)8-11(19-21)12-4-2-3-7-20(12)15(22)10-5-6-10/h8,10,12,19H,2-7H2,1H3/t12-/m1/s1. The molecular weight excluding hydrogens is 299 g/mol. The van der Waals surface area contributed by atoms with Crippen LogP contribution in [-0.4, -0.2) is 31.9 Å². The number of halogens is 1. The molecule has 1 saturated carbocycles. The van der Waals surface area contributed by atoms with Gasteiger partial charge >= 0.3 is 5.56 Å². The van der Waals surface area contributed by atoms with Gasteiger partial charge in [0.2, 0.25) is 11.7 Å². The van der Waals surface area contributed by atoms with Crippen LogP contribution < -0.4 is 5.56 Å². The summed E-state index contributed by atoms with van der Waals surface area (Å²) in [5.74, 6) is -0.470. The molecule has 1 N–H and O–H groups in total. The first kappa shape index (κ1) is 14.4. The molecule has 0 aromatic carbocycles. The maximum atomic E-state index is 13.8. The Kier molecular flexibility index (Phi) is 3.25. The van der Waals surface area contributed by atoms with Gasteiger partial charge in [0.15, 0.2) is 5.65 Å². The van der Waals surface area contributed by atoms with Gasteiger partial charge in [-0.3, -0.25) is 14.7 Å². The van der Waals surface area contributed by atoms with E-state index in [-0.39, 0.29) is 23.6 Å². The van der Waals surface area contributed by atoms with E-state index in [1.807, 2.05) is 4.90 Å². The van der Waals surface area contributed by atoms with Gasteiger partial charge in [-0.05, 0) is 39.0 Å². The number of H-pyrrole nitrogens is 1. The number of piperidine rings is 1. The number of aromatic nitrogens is 3. The third-order valence-electron chi connectivity index (χ3n) is 4.82. The number of carbonyl (C=O) groups excluding carboxylic acids is 1. The number of carbonyl (C=O) groups is 1. The Balaban J connectivity index is 1.75. The van der Waals surface area contributed by atoms with Crippen LogP contribution in [-0.2, 0) is 4.79 Å². The molecule has 0 radical (unpaired) electrons. The molecule has 2 aromatic rings. The Morgan fingerprint density at radius 3 is 2.87 bits per heavy atom. The Labute approximate surface area is 132 Å². The lowest BCUT2D eigenvalue weighted by atomic mass is 9.99. The second-order valence-electron chi connectivity index (χ2n) is 6.54. The van der Waals surface area contributed by atoms with Crippen LogP contribution in [0.1, 0.15) is 49.5 Å². The van der Waals surface area contributed by atoms with Crippen molar-refractivity contribution in [2.75, 3.05) is 6.54 Å². The summed E-state index contributed by atoms with van der Waals surface area (Å²) in [6.07, 6.45) is 4.83. The zero-order valence-electron chi connectivity index (χ0n) is 13.0. The highest BCUT2D eigenvalue weighted by atomic mass is 19.1. The molecule has 1 amide bonds. The lowest BCUT2D eigenvalue weighted by Gasteiger charge is -2.35. The quantitative estimate of drug-likeness (QED) is 0.920.